The number of rotatable bonds is 4. The number of Topliss-reactive ketones (excluding diaryl/α,β-unsaturated/α-hetero) is 1. The van der Waals surface area contributed by atoms with Crippen LogP contribution in [0, 0.1) is 17.0 Å². The summed E-state index contributed by atoms with van der Waals surface area (Å²) in [6.07, 6.45) is 4.45. The van der Waals surface area contributed by atoms with Crippen molar-refractivity contribution in [3.05, 3.63) is 35.4 Å². The van der Waals surface area contributed by atoms with Crippen molar-refractivity contribution >= 4 is 5.78 Å². The van der Waals surface area contributed by atoms with Crippen LogP contribution in [0.3, 0.4) is 0 Å². The van der Waals surface area contributed by atoms with Crippen LogP contribution in [0.15, 0.2) is 18.2 Å². The molecule has 1 aromatic rings. The van der Waals surface area contributed by atoms with Crippen LogP contribution in [-0.2, 0) is 11.2 Å². The first-order chi connectivity index (χ1) is 8.59. The van der Waals surface area contributed by atoms with Gasteiger partial charge in [-0.2, -0.15) is 0 Å². The second-order valence-corrected chi connectivity index (χ2v) is 5.14. The molecule has 0 radical (unpaired) electrons. The summed E-state index contributed by atoms with van der Waals surface area (Å²) in [5.74, 6) is -1.24. The summed E-state index contributed by atoms with van der Waals surface area (Å²) in [5, 5.41) is 0. The predicted molar refractivity (Wildman–Crippen MR) is 66.3 cm³/mol. The Morgan fingerprint density at radius 3 is 2.28 bits per heavy atom. The van der Waals surface area contributed by atoms with Gasteiger partial charge in [-0.3, -0.25) is 4.79 Å². The largest absolute Gasteiger partial charge is 0.299 e. The van der Waals surface area contributed by atoms with Crippen molar-refractivity contribution in [3.8, 4) is 0 Å². The van der Waals surface area contributed by atoms with E-state index in [1.807, 2.05) is 6.92 Å². The monoisotopic (exact) mass is 252 g/mol. The van der Waals surface area contributed by atoms with E-state index in [2.05, 4.69) is 0 Å². The minimum atomic E-state index is -0.618. The van der Waals surface area contributed by atoms with Crippen LogP contribution in [0.2, 0.25) is 0 Å². The van der Waals surface area contributed by atoms with Crippen LogP contribution in [0.25, 0.3) is 0 Å². The molecule has 0 N–H and O–H groups in total. The normalized spacial score (nSPS) is 17.9. The van der Waals surface area contributed by atoms with Crippen LogP contribution in [0.1, 0.15) is 44.6 Å². The van der Waals surface area contributed by atoms with E-state index in [0.29, 0.717) is 0 Å². The molecule has 0 atom stereocenters. The number of hydrogen-bond acceptors (Lipinski definition) is 1. The molecule has 3 heteroatoms. The molecule has 0 spiro atoms. The first kappa shape index (κ1) is 13.2. The molecular weight excluding hydrogens is 234 g/mol. The molecule has 1 nitrogen and oxygen atoms in total. The van der Waals surface area contributed by atoms with Gasteiger partial charge in [0.05, 0.1) is 0 Å². The van der Waals surface area contributed by atoms with Crippen molar-refractivity contribution < 1.29 is 13.6 Å². The smallest absolute Gasteiger partial charge is 0.143 e. The SMILES string of the molecule is CCC1(C(=O)Cc2c(F)cccc2F)CCCC1. The highest BCUT2D eigenvalue weighted by Gasteiger charge is 2.39. The molecule has 1 aliphatic rings. The van der Waals surface area contributed by atoms with Crippen molar-refractivity contribution in [2.75, 3.05) is 0 Å². The van der Waals surface area contributed by atoms with E-state index in [-0.39, 0.29) is 23.2 Å². The first-order valence-corrected chi connectivity index (χ1v) is 6.55. The Morgan fingerprint density at radius 1 is 1.22 bits per heavy atom. The van der Waals surface area contributed by atoms with E-state index < -0.39 is 11.6 Å². The zero-order chi connectivity index (χ0) is 13.2. The third-order valence-electron chi connectivity index (χ3n) is 4.23. The van der Waals surface area contributed by atoms with E-state index in [9.17, 15) is 13.6 Å². The van der Waals surface area contributed by atoms with Gasteiger partial charge in [0, 0.05) is 17.4 Å². The zero-order valence-electron chi connectivity index (χ0n) is 10.6. The van der Waals surface area contributed by atoms with Gasteiger partial charge in [0.25, 0.3) is 0 Å². The molecule has 0 unspecified atom stereocenters. The van der Waals surface area contributed by atoms with Gasteiger partial charge in [0.15, 0.2) is 0 Å². The van der Waals surface area contributed by atoms with Crippen LogP contribution >= 0.6 is 0 Å². The number of ketones is 1. The summed E-state index contributed by atoms with van der Waals surface area (Å²) >= 11 is 0. The van der Waals surface area contributed by atoms with E-state index in [4.69, 9.17) is 0 Å². The molecule has 0 saturated heterocycles. The fourth-order valence-corrected chi connectivity index (χ4v) is 2.93. The van der Waals surface area contributed by atoms with Crippen LogP contribution in [-0.4, -0.2) is 5.78 Å². The van der Waals surface area contributed by atoms with E-state index >= 15 is 0 Å². The summed E-state index contributed by atoms with van der Waals surface area (Å²) in [6.45, 7) is 1.99. The second-order valence-electron chi connectivity index (χ2n) is 5.14. The second kappa shape index (κ2) is 5.17. The van der Waals surface area contributed by atoms with Gasteiger partial charge >= 0.3 is 0 Å². The Balaban J connectivity index is 2.21. The molecule has 0 aromatic heterocycles. The van der Waals surface area contributed by atoms with Crippen molar-refractivity contribution in [2.45, 2.75) is 45.4 Å². The molecule has 18 heavy (non-hydrogen) atoms. The van der Waals surface area contributed by atoms with Gasteiger partial charge in [-0.25, -0.2) is 8.78 Å². The summed E-state index contributed by atoms with van der Waals surface area (Å²) in [6, 6.07) is 3.74. The summed E-state index contributed by atoms with van der Waals surface area (Å²) < 4.78 is 27.1. The van der Waals surface area contributed by atoms with Gasteiger partial charge in [-0.05, 0) is 31.4 Å². The summed E-state index contributed by atoms with van der Waals surface area (Å²) in [4.78, 5) is 12.3. The number of hydrogen-bond donors (Lipinski definition) is 0. The molecule has 0 bridgehead atoms. The molecule has 1 fully saturated rings. The lowest BCUT2D eigenvalue weighted by Crippen LogP contribution is -2.29. The van der Waals surface area contributed by atoms with E-state index in [0.717, 1.165) is 32.1 Å². The average molecular weight is 252 g/mol. The maximum atomic E-state index is 13.5. The van der Waals surface area contributed by atoms with Crippen molar-refractivity contribution in [1.82, 2.24) is 0 Å². The minimum Gasteiger partial charge on any atom is -0.299 e. The molecule has 1 saturated carbocycles. The lowest BCUT2D eigenvalue weighted by molar-refractivity contribution is -0.128. The molecule has 1 aromatic carbocycles. The molecule has 2 rings (SSSR count). The molecule has 0 heterocycles. The lowest BCUT2D eigenvalue weighted by atomic mass is 9.77. The Bertz CT molecular complexity index is 428. The van der Waals surface area contributed by atoms with Gasteiger partial charge in [0.2, 0.25) is 0 Å². The Morgan fingerprint density at radius 2 is 1.78 bits per heavy atom. The third-order valence-corrected chi connectivity index (χ3v) is 4.23. The lowest BCUT2D eigenvalue weighted by Gasteiger charge is -2.25. The maximum Gasteiger partial charge on any atom is 0.143 e. The molecule has 0 aliphatic heterocycles. The topological polar surface area (TPSA) is 17.1 Å². The van der Waals surface area contributed by atoms with E-state index in [1.54, 1.807) is 0 Å². The Labute approximate surface area is 106 Å². The molecule has 0 amide bonds. The summed E-state index contributed by atoms with van der Waals surface area (Å²) in [7, 11) is 0. The van der Waals surface area contributed by atoms with E-state index in [1.165, 1.54) is 18.2 Å². The Hall–Kier alpha value is -1.25. The standard InChI is InChI=1S/C15H18F2O/c1-2-15(8-3-4-9-15)14(18)10-11-12(16)6-5-7-13(11)17/h5-7H,2-4,8-10H2,1H3. The van der Waals surface area contributed by atoms with Crippen LogP contribution in [0.4, 0.5) is 8.78 Å². The predicted octanol–water partition coefficient (Wildman–Crippen LogP) is 4.05. The highest BCUT2D eigenvalue weighted by atomic mass is 19.1. The highest BCUT2D eigenvalue weighted by Crippen LogP contribution is 2.42. The van der Waals surface area contributed by atoms with Crippen molar-refractivity contribution in [2.24, 2.45) is 5.41 Å². The number of benzene rings is 1. The Kier molecular flexibility index (Phi) is 3.79. The number of carbonyl (C=O) groups excluding carboxylic acids is 1. The number of carbonyl (C=O) groups is 1. The van der Waals surface area contributed by atoms with Gasteiger partial charge < -0.3 is 0 Å². The molecule has 1 aliphatic carbocycles. The van der Waals surface area contributed by atoms with Crippen LogP contribution < -0.4 is 0 Å². The van der Waals surface area contributed by atoms with Crippen molar-refractivity contribution in [3.63, 3.8) is 0 Å². The van der Waals surface area contributed by atoms with Crippen LogP contribution in [0.5, 0.6) is 0 Å². The van der Waals surface area contributed by atoms with Gasteiger partial charge in [0.1, 0.15) is 17.4 Å². The fraction of sp³-hybridized carbons (Fsp3) is 0.533. The van der Waals surface area contributed by atoms with Crippen molar-refractivity contribution in [1.29, 1.82) is 0 Å². The number of halogens is 2. The minimum absolute atomic E-state index is 0.00787. The summed E-state index contributed by atoms with van der Waals surface area (Å²) in [5.41, 5.74) is -0.420. The van der Waals surface area contributed by atoms with Gasteiger partial charge in [-0.1, -0.05) is 25.8 Å². The third kappa shape index (κ3) is 2.31. The average Bonchev–Trinajstić information content (AvgIpc) is 2.84. The zero-order valence-corrected chi connectivity index (χ0v) is 10.6. The highest BCUT2D eigenvalue weighted by molar-refractivity contribution is 5.87. The molecule has 98 valence electrons. The van der Waals surface area contributed by atoms with Gasteiger partial charge in [-0.15, -0.1) is 0 Å². The maximum absolute atomic E-state index is 13.5. The molecular formula is C15H18F2O. The first-order valence-electron chi connectivity index (χ1n) is 6.55. The quantitative estimate of drug-likeness (QED) is 0.790. The fourth-order valence-electron chi connectivity index (χ4n) is 2.93.